The molecule has 2 N–H and O–H groups in total. The van der Waals surface area contributed by atoms with Crippen LogP contribution in [0.25, 0.3) is 0 Å². The van der Waals surface area contributed by atoms with Crippen LogP contribution in [0.1, 0.15) is 92.6 Å². The maximum absolute atomic E-state index is 14.3. The highest BCUT2D eigenvalue weighted by atomic mass is 16.6. The van der Waals surface area contributed by atoms with E-state index in [1.54, 1.807) is 40.7 Å². The number of amides is 4. The zero-order valence-electron chi connectivity index (χ0n) is 32.3. The molecule has 2 fully saturated rings. The van der Waals surface area contributed by atoms with Gasteiger partial charge in [0.15, 0.2) is 6.10 Å². The van der Waals surface area contributed by atoms with Crippen LogP contribution in [-0.2, 0) is 44.7 Å². The van der Waals surface area contributed by atoms with Crippen molar-refractivity contribution in [2.75, 3.05) is 13.6 Å². The number of carbonyl (C=O) groups excluding carboxylic acids is 6. The minimum atomic E-state index is -1.29. The Hall–Kier alpha value is -4.22. The molecule has 0 aliphatic carbocycles. The number of hydrogen-bond acceptors (Lipinski definition) is 8. The molecule has 1 aromatic rings. The number of esters is 2. The number of cyclic esters (lactones) is 2. The highest BCUT2D eigenvalue weighted by molar-refractivity contribution is 5.95. The molecule has 4 amide bonds. The summed E-state index contributed by atoms with van der Waals surface area (Å²) >= 11 is 0. The van der Waals surface area contributed by atoms with E-state index < -0.39 is 83.8 Å². The highest BCUT2D eigenvalue weighted by Gasteiger charge is 2.44. The fraction of sp³-hybridized carbons (Fsp3) is 0.650. The summed E-state index contributed by atoms with van der Waals surface area (Å²) in [5, 5.41) is 5.76. The Morgan fingerprint density at radius 1 is 0.885 bits per heavy atom. The number of allylic oxidation sites excluding steroid dienone is 1. The van der Waals surface area contributed by atoms with E-state index in [0.29, 0.717) is 38.5 Å². The van der Waals surface area contributed by atoms with Crippen molar-refractivity contribution in [2.45, 2.75) is 130 Å². The van der Waals surface area contributed by atoms with Crippen molar-refractivity contribution in [2.24, 2.45) is 23.7 Å². The summed E-state index contributed by atoms with van der Waals surface area (Å²) in [4.78, 5) is 87.0. The third-order valence-corrected chi connectivity index (χ3v) is 10.4. The molecule has 52 heavy (non-hydrogen) atoms. The lowest BCUT2D eigenvalue weighted by molar-refractivity contribution is -0.168. The number of nitrogens with one attached hydrogen (secondary N) is 2. The number of nitrogens with zero attached hydrogens (tertiary/aromatic N) is 2. The molecule has 2 aliphatic heterocycles. The van der Waals surface area contributed by atoms with Crippen LogP contribution in [0.2, 0.25) is 0 Å². The lowest BCUT2D eigenvalue weighted by Gasteiger charge is -2.35. The molecule has 0 aromatic heterocycles. The summed E-state index contributed by atoms with van der Waals surface area (Å²) < 4.78 is 12.1. The van der Waals surface area contributed by atoms with Gasteiger partial charge in [-0.15, -0.1) is 6.58 Å². The maximum atomic E-state index is 14.3. The van der Waals surface area contributed by atoms with E-state index in [4.69, 9.17) is 9.47 Å². The number of rotatable bonds is 10. The lowest BCUT2D eigenvalue weighted by Crippen LogP contribution is -2.57. The molecule has 0 bridgehead atoms. The van der Waals surface area contributed by atoms with E-state index in [9.17, 15) is 28.8 Å². The second-order valence-electron chi connectivity index (χ2n) is 15.0. The van der Waals surface area contributed by atoms with E-state index in [1.807, 2.05) is 44.2 Å². The summed E-state index contributed by atoms with van der Waals surface area (Å²) in [6.45, 7) is 16.6. The van der Waals surface area contributed by atoms with Gasteiger partial charge in [0.05, 0.1) is 5.92 Å². The van der Waals surface area contributed by atoms with E-state index >= 15 is 0 Å². The monoisotopic (exact) mass is 724 g/mol. The SMILES string of the molecule is C=CCCCC1OC(=O)[C@H]([C@@H](C)CC)NC(=O)[C@@H]2CCCN2C(=O)[C@H](Cc2ccccc2)OC(=O)C(C(C)C)N(C)C(=O)[C@H](C(C)C)NC(=O)[C@H]1C. The Balaban J connectivity index is 2.14. The number of benzene rings is 1. The molecule has 2 unspecified atom stereocenters. The van der Waals surface area contributed by atoms with Crippen LogP contribution in [0.3, 0.4) is 0 Å². The largest absolute Gasteiger partial charge is 0.460 e. The number of carbonyl (C=O) groups is 6. The van der Waals surface area contributed by atoms with E-state index in [-0.39, 0.29) is 24.8 Å². The average molecular weight is 725 g/mol. The first-order chi connectivity index (χ1) is 24.6. The fourth-order valence-electron chi connectivity index (χ4n) is 6.92. The van der Waals surface area contributed by atoms with Gasteiger partial charge in [0.1, 0.15) is 30.3 Å². The van der Waals surface area contributed by atoms with Gasteiger partial charge in [-0.05, 0) is 55.4 Å². The van der Waals surface area contributed by atoms with Crippen LogP contribution in [0.15, 0.2) is 43.0 Å². The topological polar surface area (TPSA) is 151 Å². The number of unbranched alkanes of at least 4 members (excludes halogenated alkanes) is 1. The minimum absolute atomic E-state index is 0.0519. The predicted molar refractivity (Wildman–Crippen MR) is 197 cm³/mol. The second-order valence-corrected chi connectivity index (χ2v) is 15.0. The summed E-state index contributed by atoms with van der Waals surface area (Å²) in [7, 11) is 1.49. The van der Waals surface area contributed by atoms with E-state index in [0.717, 1.165) is 5.56 Å². The van der Waals surface area contributed by atoms with Crippen LogP contribution in [-0.4, -0.2) is 95.3 Å². The van der Waals surface area contributed by atoms with Gasteiger partial charge in [0.25, 0.3) is 5.91 Å². The molecule has 12 heteroatoms. The molecule has 8 atom stereocenters. The second kappa shape index (κ2) is 19.6. The first-order valence-electron chi connectivity index (χ1n) is 18.9. The first kappa shape index (κ1) is 42.2. The van der Waals surface area contributed by atoms with Crippen LogP contribution in [0, 0.1) is 23.7 Å². The van der Waals surface area contributed by atoms with E-state index in [1.165, 1.54) is 16.8 Å². The standard InChI is InChI=1S/C40H60N4O8/c1-10-12-14-21-30-27(8)35(45)41-32(24(3)4)38(48)43(9)34(25(5)6)40(50)52-31(23-28-18-15-13-16-19-28)37(47)44-22-17-20-29(44)36(46)42-33(26(7)11-2)39(49)51-30/h10,13,15-16,18-19,24-27,29-34H,1,11-12,14,17,20-23H2,2-9H3,(H,41,45)(H,42,46)/t26-,27-,29-,30?,31-,32-,33-,34?/m0/s1. The predicted octanol–water partition coefficient (Wildman–Crippen LogP) is 4.20. The van der Waals surface area contributed by atoms with Crippen LogP contribution >= 0.6 is 0 Å². The first-order valence-corrected chi connectivity index (χ1v) is 18.9. The molecular formula is C40H60N4O8. The molecule has 2 saturated heterocycles. The van der Waals surface area contributed by atoms with Crippen LogP contribution in [0.5, 0.6) is 0 Å². The number of fused-ring (bicyclic) bond motifs is 1. The molecule has 2 aliphatic rings. The Kier molecular flexibility index (Phi) is 15.9. The Morgan fingerprint density at radius 3 is 2.13 bits per heavy atom. The van der Waals surface area contributed by atoms with Crippen LogP contribution in [0.4, 0.5) is 0 Å². The Morgan fingerprint density at radius 2 is 1.54 bits per heavy atom. The summed E-state index contributed by atoms with van der Waals surface area (Å²) in [6.07, 6.45) is 2.66. The van der Waals surface area contributed by atoms with Gasteiger partial charge in [-0.1, -0.05) is 91.3 Å². The van der Waals surface area contributed by atoms with Crippen LogP contribution < -0.4 is 10.6 Å². The Bertz CT molecular complexity index is 1420. The van der Waals surface area contributed by atoms with Gasteiger partial charge in [0.2, 0.25) is 17.7 Å². The smallest absolute Gasteiger partial charge is 0.329 e. The minimum Gasteiger partial charge on any atom is -0.460 e. The average Bonchev–Trinajstić information content (AvgIpc) is 3.61. The number of ether oxygens (including phenoxy) is 2. The molecule has 2 heterocycles. The molecule has 0 radical (unpaired) electrons. The van der Waals surface area contributed by atoms with Gasteiger partial charge < -0.3 is 29.9 Å². The third kappa shape index (κ3) is 10.7. The molecular weight excluding hydrogens is 664 g/mol. The highest BCUT2D eigenvalue weighted by Crippen LogP contribution is 2.25. The molecule has 3 rings (SSSR count). The number of hydrogen-bond donors (Lipinski definition) is 2. The zero-order valence-corrected chi connectivity index (χ0v) is 32.3. The van der Waals surface area contributed by atoms with E-state index in [2.05, 4.69) is 17.2 Å². The maximum Gasteiger partial charge on any atom is 0.329 e. The van der Waals surface area contributed by atoms with Crippen molar-refractivity contribution in [3.05, 3.63) is 48.6 Å². The van der Waals surface area contributed by atoms with Crippen molar-refractivity contribution in [1.82, 2.24) is 20.4 Å². The van der Waals surface area contributed by atoms with Gasteiger partial charge in [0, 0.05) is 20.0 Å². The van der Waals surface area contributed by atoms with Gasteiger partial charge >= 0.3 is 11.9 Å². The molecule has 0 saturated carbocycles. The van der Waals surface area contributed by atoms with Crippen molar-refractivity contribution >= 4 is 35.6 Å². The quantitative estimate of drug-likeness (QED) is 0.207. The zero-order chi connectivity index (χ0) is 38.7. The lowest BCUT2D eigenvalue weighted by atomic mass is 9.94. The van der Waals surface area contributed by atoms with Crippen molar-refractivity contribution in [1.29, 1.82) is 0 Å². The van der Waals surface area contributed by atoms with Crippen molar-refractivity contribution < 1.29 is 38.2 Å². The summed E-state index contributed by atoms with van der Waals surface area (Å²) in [6, 6.07) is 5.07. The third-order valence-electron chi connectivity index (χ3n) is 10.4. The Labute approximate surface area is 309 Å². The van der Waals surface area contributed by atoms with Gasteiger partial charge in [-0.25, -0.2) is 9.59 Å². The summed E-state index contributed by atoms with van der Waals surface area (Å²) in [5.41, 5.74) is 0.747. The fourth-order valence-corrected chi connectivity index (χ4v) is 6.92. The molecule has 1 aromatic carbocycles. The molecule has 0 spiro atoms. The summed E-state index contributed by atoms with van der Waals surface area (Å²) in [5.74, 6) is -5.42. The van der Waals surface area contributed by atoms with Gasteiger partial charge in [-0.3, -0.25) is 19.2 Å². The number of likely N-dealkylation sites (N-methyl/N-ethyl adjacent to an activating group) is 1. The normalized spacial score (nSPS) is 27.9. The van der Waals surface area contributed by atoms with Crippen molar-refractivity contribution in [3.63, 3.8) is 0 Å². The molecule has 288 valence electrons. The molecule has 12 nitrogen and oxygen atoms in total. The van der Waals surface area contributed by atoms with Gasteiger partial charge in [-0.2, -0.15) is 0 Å². The van der Waals surface area contributed by atoms with Crippen molar-refractivity contribution in [3.8, 4) is 0 Å².